The molecule has 0 saturated heterocycles. The van der Waals surface area contributed by atoms with Crippen molar-refractivity contribution in [3.63, 3.8) is 0 Å². The fourth-order valence-corrected chi connectivity index (χ4v) is 4.27. The number of aryl methyl sites for hydroxylation is 1. The highest BCUT2D eigenvalue weighted by Crippen LogP contribution is 2.28. The lowest BCUT2D eigenvalue weighted by atomic mass is 9.87. The molecule has 2 amide bonds. The Morgan fingerprint density at radius 1 is 0.906 bits per heavy atom. The Labute approximate surface area is 187 Å². The maximum atomic E-state index is 13.1. The molecule has 3 aromatic rings. The molecule has 3 N–H and O–H groups in total. The van der Waals surface area contributed by atoms with Crippen LogP contribution >= 0.6 is 0 Å². The van der Waals surface area contributed by atoms with Crippen LogP contribution in [-0.2, 0) is 15.4 Å². The average Bonchev–Trinajstić information content (AvgIpc) is 3.26. The summed E-state index contributed by atoms with van der Waals surface area (Å²) in [5, 5.41) is 0. The van der Waals surface area contributed by atoms with Gasteiger partial charge in [-0.05, 0) is 59.9 Å². The van der Waals surface area contributed by atoms with E-state index in [-0.39, 0.29) is 27.3 Å². The summed E-state index contributed by atoms with van der Waals surface area (Å²) in [6.07, 6.45) is 1.34. The van der Waals surface area contributed by atoms with Crippen LogP contribution in [0.1, 0.15) is 52.8 Å². The minimum atomic E-state index is -3.89. The molecule has 8 nitrogen and oxygen atoms in total. The van der Waals surface area contributed by atoms with Crippen LogP contribution in [0.15, 0.2) is 70.2 Å². The number of rotatable bonds is 5. The van der Waals surface area contributed by atoms with Gasteiger partial charge in [-0.1, -0.05) is 39.0 Å². The highest BCUT2D eigenvalue weighted by atomic mass is 32.2. The lowest BCUT2D eigenvalue weighted by Gasteiger charge is -2.21. The summed E-state index contributed by atoms with van der Waals surface area (Å²) in [4.78, 5) is 24.4. The molecular formula is C23H25N3O5S. The maximum Gasteiger partial charge on any atom is 0.305 e. The summed E-state index contributed by atoms with van der Waals surface area (Å²) in [5.41, 5.74) is 6.17. The Kier molecular flexibility index (Phi) is 6.40. The summed E-state index contributed by atoms with van der Waals surface area (Å²) in [5.74, 6) is -1.19. The minimum Gasteiger partial charge on any atom is -0.459 e. The van der Waals surface area contributed by atoms with Gasteiger partial charge in [0.25, 0.3) is 15.9 Å². The molecule has 32 heavy (non-hydrogen) atoms. The zero-order valence-electron chi connectivity index (χ0n) is 18.2. The lowest BCUT2D eigenvalue weighted by Crippen LogP contribution is -2.41. The number of nitrogens with one attached hydrogen (secondary N) is 3. The largest absolute Gasteiger partial charge is 0.459 e. The van der Waals surface area contributed by atoms with Crippen LogP contribution in [0.3, 0.4) is 0 Å². The number of carbonyl (C=O) groups excluding carboxylic acids is 2. The van der Waals surface area contributed by atoms with E-state index in [1.807, 2.05) is 26.8 Å². The van der Waals surface area contributed by atoms with E-state index in [1.165, 1.54) is 24.5 Å². The van der Waals surface area contributed by atoms with Gasteiger partial charge in [-0.15, -0.1) is 0 Å². The number of benzene rings is 2. The van der Waals surface area contributed by atoms with E-state index in [4.69, 9.17) is 4.42 Å². The van der Waals surface area contributed by atoms with E-state index in [9.17, 15) is 18.0 Å². The third-order valence-corrected chi connectivity index (χ3v) is 6.28. The first-order valence-corrected chi connectivity index (χ1v) is 11.3. The van der Waals surface area contributed by atoms with E-state index in [1.54, 1.807) is 37.3 Å². The number of furan rings is 1. The van der Waals surface area contributed by atoms with Crippen molar-refractivity contribution in [1.82, 2.24) is 10.9 Å². The molecule has 0 aliphatic carbocycles. The molecule has 2 aromatic carbocycles. The van der Waals surface area contributed by atoms with Crippen molar-refractivity contribution in [2.24, 2.45) is 0 Å². The Morgan fingerprint density at radius 3 is 2.28 bits per heavy atom. The van der Waals surface area contributed by atoms with Gasteiger partial charge in [0, 0.05) is 11.3 Å². The monoisotopic (exact) mass is 455 g/mol. The molecule has 3 rings (SSSR count). The van der Waals surface area contributed by atoms with Gasteiger partial charge in [0.15, 0.2) is 5.76 Å². The van der Waals surface area contributed by atoms with Crippen molar-refractivity contribution >= 4 is 27.5 Å². The van der Waals surface area contributed by atoms with Crippen LogP contribution in [0.5, 0.6) is 0 Å². The number of sulfonamides is 1. The molecule has 168 valence electrons. The van der Waals surface area contributed by atoms with E-state index < -0.39 is 21.8 Å². The number of anilines is 1. The standard InChI is InChI=1S/C23H25N3O5S/c1-15-10-11-17(23(2,3)4)14-20(15)32(29,30)26-18-8-5-7-16(13-18)21(27)24-25-22(28)19-9-6-12-31-19/h5-14,26H,1-4H3,(H,24,27)(H,25,28). The fourth-order valence-electron chi connectivity index (χ4n) is 2.95. The fraction of sp³-hybridized carbons (Fsp3) is 0.217. The molecule has 0 spiro atoms. The molecule has 0 radical (unpaired) electrons. The van der Waals surface area contributed by atoms with Crippen molar-refractivity contribution in [2.75, 3.05) is 4.72 Å². The van der Waals surface area contributed by atoms with E-state index in [0.717, 1.165) is 5.56 Å². The van der Waals surface area contributed by atoms with Crippen molar-refractivity contribution in [3.8, 4) is 0 Å². The van der Waals surface area contributed by atoms with Crippen molar-refractivity contribution in [1.29, 1.82) is 0 Å². The second-order valence-corrected chi connectivity index (χ2v) is 9.95. The van der Waals surface area contributed by atoms with Gasteiger partial charge >= 0.3 is 5.91 Å². The summed E-state index contributed by atoms with van der Waals surface area (Å²) in [6.45, 7) is 7.75. The second kappa shape index (κ2) is 8.88. The molecule has 0 unspecified atom stereocenters. The topological polar surface area (TPSA) is 118 Å². The quantitative estimate of drug-likeness (QED) is 0.507. The highest BCUT2D eigenvalue weighted by Gasteiger charge is 2.22. The van der Waals surface area contributed by atoms with Crippen LogP contribution in [0.25, 0.3) is 0 Å². The van der Waals surface area contributed by atoms with Crippen molar-refractivity contribution in [3.05, 3.63) is 83.3 Å². The van der Waals surface area contributed by atoms with Gasteiger partial charge < -0.3 is 4.42 Å². The van der Waals surface area contributed by atoms with Crippen molar-refractivity contribution in [2.45, 2.75) is 38.0 Å². The van der Waals surface area contributed by atoms with Gasteiger partial charge in [-0.25, -0.2) is 8.42 Å². The minimum absolute atomic E-state index is 0.0414. The normalized spacial score (nSPS) is 11.6. The molecule has 1 aromatic heterocycles. The SMILES string of the molecule is Cc1ccc(C(C)(C)C)cc1S(=O)(=O)Nc1cccc(C(=O)NNC(=O)c2ccco2)c1. The Balaban J connectivity index is 1.76. The molecule has 0 bridgehead atoms. The number of hydrogen-bond acceptors (Lipinski definition) is 5. The summed E-state index contributed by atoms with van der Waals surface area (Å²) in [7, 11) is -3.89. The molecule has 0 saturated carbocycles. The second-order valence-electron chi connectivity index (χ2n) is 8.30. The molecule has 0 aliphatic heterocycles. The Bertz CT molecular complexity index is 1240. The van der Waals surface area contributed by atoms with Gasteiger partial charge in [0.1, 0.15) is 0 Å². The zero-order valence-corrected chi connectivity index (χ0v) is 19.0. The number of hydrazine groups is 1. The molecule has 0 fully saturated rings. The number of hydrogen-bond donors (Lipinski definition) is 3. The van der Waals surface area contributed by atoms with E-state index in [0.29, 0.717) is 5.56 Å². The smallest absolute Gasteiger partial charge is 0.305 e. The van der Waals surface area contributed by atoms with Crippen LogP contribution in [-0.4, -0.2) is 20.2 Å². The molecule has 0 aliphatic rings. The van der Waals surface area contributed by atoms with Gasteiger partial charge in [-0.3, -0.25) is 25.2 Å². The molecule has 1 heterocycles. The predicted octanol–water partition coefficient (Wildman–Crippen LogP) is 3.76. The van der Waals surface area contributed by atoms with Gasteiger partial charge in [0.05, 0.1) is 11.2 Å². The van der Waals surface area contributed by atoms with Gasteiger partial charge in [0.2, 0.25) is 0 Å². The summed E-state index contributed by atoms with van der Waals surface area (Å²) >= 11 is 0. The van der Waals surface area contributed by atoms with E-state index >= 15 is 0 Å². The average molecular weight is 456 g/mol. The van der Waals surface area contributed by atoms with Crippen LogP contribution < -0.4 is 15.6 Å². The Morgan fingerprint density at radius 2 is 1.62 bits per heavy atom. The maximum absolute atomic E-state index is 13.1. The predicted molar refractivity (Wildman–Crippen MR) is 121 cm³/mol. The third kappa shape index (κ3) is 5.36. The summed E-state index contributed by atoms with van der Waals surface area (Å²) < 4.78 is 33.6. The first-order valence-electron chi connectivity index (χ1n) is 9.85. The van der Waals surface area contributed by atoms with Crippen LogP contribution in [0.2, 0.25) is 0 Å². The van der Waals surface area contributed by atoms with Crippen molar-refractivity contribution < 1.29 is 22.4 Å². The first-order chi connectivity index (χ1) is 15.0. The summed E-state index contributed by atoms with van der Waals surface area (Å²) in [6, 6.07) is 14.3. The third-order valence-electron chi connectivity index (χ3n) is 4.76. The molecular weight excluding hydrogens is 430 g/mol. The lowest BCUT2D eigenvalue weighted by molar-refractivity contribution is 0.0831. The molecule has 9 heteroatoms. The van der Waals surface area contributed by atoms with Crippen LogP contribution in [0, 0.1) is 6.92 Å². The Hall–Kier alpha value is -3.59. The van der Waals surface area contributed by atoms with E-state index in [2.05, 4.69) is 15.6 Å². The molecule has 0 atom stereocenters. The van der Waals surface area contributed by atoms with Crippen LogP contribution in [0.4, 0.5) is 5.69 Å². The first kappa shape index (κ1) is 23.1. The number of carbonyl (C=O) groups is 2. The van der Waals surface area contributed by atoms with Gasteiger partial charge in [-0.2, -0.15) is 0 Å². The zero-order chi connectivity index (χ0) is 23.5. The number of amides is 2. The highest BCUT2D eigenvalue weighted by molar-refractivity contribution is 7.92.